The predicted molar refractivity (Wildman–Crippen MR) is 131 cm³/mol. The molecule has 35 heavy (non-hydrogen) atoms. The summed E-state index contributed by atoms with van der Waals surface area (Å²) in [6.45, 7) is 2.18. The van der Waals surface area contributed by atoms with Gasteiger partial charge >= 0.3 is 5.97 Å². The van der Waals surface area contributed by atoms with Crippen LogP contribution in [0.1, 0.15) is 40.9 Å². The highest BCUT2D eigenvalue weighted by molar-refractivity contribution is 6.51. The van der Waals surface area contributed by atoms with Gasteiger partial charge in [-0.3, -0.25) is 14.5 Å². The van der Waals surface area contributed by atoms with Crippen LogP contribution >= 0.6 is 11.6 Å². The molecule has 1 amide bonds. The number of rotatable bonds is 6. The summed E-state index contributed by atoms with van der Waals surface area (Å²) >= 11 is 5.95. The van der Waals surface area contributed by atoms with Gasteiger partial charge in [0.05, 0.1) is 23.8 Å². The maximum Gasteiger partial charge on any atom is 0.338 e. The molecule has 0 saturated carbocycles. The van der Waals surface area contributed by atoms with Crippen LogP contribution in [0.25, 0.3) is 5.76 Å². The van der Waals surface area contributed by atoms with Crippen molar-refractivity contribution in [1.29, 1.82) is 0 Å². The van der Waals surface area contributed by atoms with Crippen LogP contribution in [0.15, 0.2) is 78.4 Å². The van der Waals surface area contributed by atoms with Gasteiger partial charge in [0.25, 0.3) is 11.7 Å². The van der Waals surface area contributed by atoms with E-state index in [-0.39, 0.29) is 17.1 Å². The quantitative estimate of drug-likeness (QED) is 0.211. The number of ether oxygens (including phenoxy) is 1. The second-order valence-corrected chi connectivity index (χ2v) is 8.39. The molecule has 1 aliphatic rings. The average Bonchev–Trinajstić information content (AvgIpc) is 3.13. The highest BCUT2D eigenvalue weighted by Gasteiger charge is 2.47. The molecule has 7 nitrogen and oxygen atoms in total. The molecule has 0 spiro atoms. The minimum atomic E-state index is -0.968. The van der Waals surface area contributed by atoms with Gasteiger partial charge in [-0.05, 0) is 72.6 Å². The number of esters is 1. The molecule has 1 atom stereocenters. The second-order valence-electron chi connectivity index (χ2n) is 7.95. The molecule has 1 aliphatic heterocycles. The van der Waals surface area contributed by atoms with Crippen LogP contribution in [-0.2, 0) is 14.3 Å². The summed E-state index contributed by atoms with van der Waals surface area (Å²) in [5.41, 5.74) is 1.39. The van der Waals surface area contributed by atoms with Crippen molar-refractivity contribution < 1.29 is 29.3 Å². The number of Topliss-reactive ketones (excluding diaryl/α,β-unsaturated/α-hetero) is 1. The highest BCUT2D eigenvalue weighted by Crippen LogP contribution is 2.42. The van der Waals surface area contributed by atoms with Crippen LogP contribution in [0.2, 0.25) is 5.02 Å². The maximum absolute atomic E-state index is 13.2. The molecule has 0 aromatic heterocycles. The lowest BCUT2D eigenvalue weighted by Crippen LogP contribution is -2.29. The average molecular weight is 492 g/mol. The van der Waals surface area contributed by atoms with Crippen molar-refractivity contribution in [3.05, 3.63) is 100 Å². The molecule has 2 N–H and O–H groups in total. The molecule has 4 rings (SSSR count). The molecule has 8 heteroatoms. The molecule has 1 unspecified atom stereocenters. The molecule has 178 valence electrons. The number of hydrogen-bond acceptors (Lipinski definition) is 6. The first-order chi connectivity index (χ1) is 16.8. The number of aliphatic hydroxyl groups excluding tert-OH is 1. The van der Waals surface area contributed by atoms with E-state index in [4.69, 9.17) is 16.3 Å². The first-order valence-corrected chi connectivity index (χ1v) is 11.3. The Morgan fingerprint density at radius 2 is 1.54 bits per heavy atom. The van der Waals surface area contributed by atoms with Gasteiger partial charge in [-0.1, -0.05) is 30.7 Å². The van der Waals surface area contributed by atoms with Crippen molar-refractivity contribution >= 4 is 40.7 Å². The minimum absolute atomic E-state index is 0.0124. The Morgan fingerprint density at radius 3 is 2.14 bits per heavy atom. The molecule has 1 heterocycles. The largest absolute Gasteiger partial charge is 0.508 e. The fourth-order valence-corrected chi connectivity index (χ4v) is 4.00. The molecule has 0 radical (unpaired) electrons. The van der Waals surface area contributed by atoms with E-state index in [1.165, 1.54) is 29.2 Å². The predicted octanol–water partition coefficient (Wildman–Crippen LogP) is 5.24. The zero-order valence-corrected chi connectivity index (χ0v) is 19.5. The molecule has 3 aromatic rings. The normalized spacial score (nSPS) is 17.0. The lowest BCUT2D eigenvalue weighted by Gasteiger charge is -2.25. The van der Waals surface area contributed by atoms with Crippen molar-refractivity contribution in [3.8, 4) is 5.75 Å². The number of hydrogen-bond donors (Lipinski definition) is 2. The molecule has 0 bridgehead atoms. The SMILES string of the molecule is CCCOC(=O)c1ccc(N2C(=O)C(=O)/C(=C(/O)c3ccc(Cl)cc3)C2c2ccc(O)cc2)cc1. The number of nitrogens with zero attached hydrogens (tertiary/aromatic N) is 1. The maximum atomic E-state index is 13.2. The van der Waals surface area contributed by atoms with Gasteiger partial charge in [-0.2, -0.15) is 0 Å². The van der Waals surface area contributed by atoms with Crippen molar-refractivity contribution in [3.63, 3.8) is 0 Å². The number of ketones is 1. The number of aromatic hydroxyl groups is 1. The Morgan fingerprint density at radius 1 is 0.943 bits per heavy atom. The Kier molecular flexibility index (Phi) is 6.89. The standard InChI is InChI=1S/C27H22ClNO6/c1-2-15-35-27(34)18-5-11-20(12-6-18)29-23(16-7-13-21(30)14-8-16)22(25(32)26(29)33)24(31)17-3-9-19(28)10-4-17/h3-14,23,30-31H,2,15H2,1H3/b24-22+. The van der Waals surface area contributed by atoms with E-state index in [0.717, 1.165) is 0 Å². The number of aliphatic hydroxyl groups is 1. The van der Waals surface area contributed by atoms with Gasteiger partial charge < -0.3 is 14.9 Å². The van der Waals surface area contributed by atoms with Crippen LogP contribution < -0.4 is 4.90 Å². The van der Waals surface area contributed by atoms with Crippen LogP contribution in [0.5, 0.6) is 5.75 Å². The molecular formula is C27H22ClNO6. The zero-order valence-electron chi connectivity index (χ0n) is 18.8. The van der Waals surface area contributed by atoms with Gasteiger partial charge in [0.15, 0.2) is 0 Å². The lowest BCUT2D eigenvalue weighted by atomic mass is 9.95. The number of carbonyl (C=O) groups is 3. The summed E-state index contributed by atoms with van der Waals surface area (Å²) in [6, 6.07) is 17.4. The van der Waals surface area contributed by atoms with E-state index in [9.17, 15) is 24.6 Å². The van der Waals surface area contributed by atoms with Gasteiger partial charge in [0.1, 0.15) is 11.5 Å². The first-order valence-electron chi connectivity index (χ1n) is 10.9. The molecule has 1 saturated heterocycles. The Hall–Kier alpha value is -4.10. The Bertz CT molecular complexity index is 1300. The Balaban J connectivity index is 1.81. The number of carbonyl (C=O) groups excluding carboxylic acids is 3. The van der Waals surface area contributed by atoms with Crippen LogP contribution in [0.3, 0.4) is 0 Å². The van der Waals surface area contributed by atoms with Crippen LogP contribution in [0.4, 0.5) is 5.69 Å². The third kappa shape index (κ3) is 4.76. The molecule has 3 aromatic carbocycles. The van der Waals surface area contributed by atoms with E-state index in [0.29, 0.717) is 40.4 Å². The monoisotopic (exact) mass is 491 g/mol. The van der Waals surface area contributed by atoms with E-state index < -0.39 is 23.7 Å². The second kappa shape index (κ2) is 10.0. The van der Waals surface area contributed by atoms with Crippen molar-refractivity contribution in [2.24, 2.45) is 0 Å². The number of amides is 1. The highest BCUT2D eigenvalue weighted by atomic mass is 35.5. The summed E-state index contributed by atoms with van der Waals surface area (Å²) < 4.78 is 5.14. The fourth-order valence-electron chi connectivity index (χ4n) is 3.87. The fraction of sp³-hybridized carbons (Fsp3) is 0.148. The van der Waals surface area contributed by atoms with Gasteiger partial charge in [0.2, 0.25) is 0 Å². The topological polar surface area (TPSA) is 104 Å². The summed E-state index contributed by atoms with van der Waals surface area (Å²) in [7, 11) is 0. The molecule has 1 fully saturated rings. The zero-order chi connectivity index (χ0) is 25.1. The van der Waals surface area contributed by atoms with E-state index in [2.05, 4.69) is 0 Å². The molecular weight excluding hydrogens is 470 g/mol. The number of phenolic OH excluding ortho intramolecular Hbond substituents is 1. The van der Waals surface area contributed by atoms with E-state index in [1.807, 2.05) is 6.92 Å². The number of anilines is 1. The summed E-state index contributed by atoms with van der Waals surface area (Å²) in [5, 5.41) is 21.3. The van der Waals surface area contributed by atoms with Crippen molar-refractivity contribution in [2.45, 2.75) is 19.4 Å². The van der Waals surface area contributed by atoms with E-state index >= 15 is 0 Å². The number of halogens is 1. The third-order valence-corrected chi connectivity index (χ3v) is 5.84. The third-order valence-electron chi connectivity index (χ3n) is 5.59. The first kappa shape index (κ1) is 24.0. The minimum Gasteiger partial charge on any atom is -0.508 e. The van der Waals surface area contributed by atoms with Crippen molar-refractivity contribution in [1.82, 2.24) is 0 Å². The van der Waals surface area contributed by atoms with Gasteiger partial charge in [-0.25, -0.2) is 4.79 Å². The van der Waals surface area contributed by atoms with Gasteiger partial charge in [-0.15, -0.1) is 0 Å². The van der Waals surface area contributed by atoms with Crippen LogP contribution in [0, 0.1) is 0 Å². The van der Waals surface area contributed by atoms with Gasteiger partial charge in [0, 0.05) is 16.3 Å². The Labute approximate surface area is 206 Å². The lowest BCUT2D eigenvalue weighted by molar-refractivity contribution is -0.132. The number of phenols is 1. The van der Waals surface area contributed by atoms with Crippen LogP contribution in [-0.4, -0.2) is 34.5 Å². The summed E-state index contributed by atoms with van der Waals surface area (Å²) in [4.78, 5) is 39.8. The summed E-state index contributed by atoms with van der Waals surface area (Å²) in [6.07, 6.45) is 0.689. The smallest absolute Gasteiger partial charge is 0.338 e. The van der Waals surface area contributed by atoms with Crippen molar-refractivity contribution in [2.75, 3.05) is 11.5 Å². The van der Waals surface area contributed by atoms with E-state index in [1.54, 1.807) is 48.5 Å². The number of benzene rings is 3. The summed E-state index contributed by atoms with van der Waals surface area (Å²) in [5.74, 6) is -2.51. The molecule has 0 aliphatic carbocycles.